The molecule has 0 saturated carbocycles. The average molecular weight is 456 g/mol. The van der Waals surface area contributed by atoms with Gasteiger partial charge in [0.1, 0.15) is 5.75 Å². The van der Waals surface area contributed by atoms with Crippen LogP contribution in [0.1, 0.15) is 64.4 Å². The summed E-state index contributed by atoms with van der Waals surface area (Å²) in [5.41, 5.74) is 4.02. The number of benzene rings is 1. The molecule has 3 rings (SSSR count). The second-order valence-corrected chi connectivity index (χ2v) is 9.37. The molecule has 6 nitrogen and oxygen atoms in total. The molecule has 1 aromatic rings. The number of aromatic hydroxyl groups is 1. The van der Waals surface area contributed by atoms with Crippen molar-refractivity contribution < 1.29 is 24.9 Å². The lowest BCUT2D eigenvalue weighted by Crippen LogP contribution is -2.39. The second kappa shape index (κ2) is 11.1. The molecule has 4 atom stereocenters. The lowest BCUT2D eigenvalue weighted by molar-refractivity contribution is -0.138. The molecule has 2 amide bonds. The molecule has 2 aliphatic rings. The summed E-state index contributed by atoms with van der Waals surface area (Å²) in [6.07, 6.45) is 6.53. The Balaban J connectivity index is 1.84. The summed E-state index contributed by atoms with van der Waals surface area (Å²) in [6.45, 7) is 3.93. The van der Waals surface area contributed by atoms with E-state index in [4.69, 9.17) is 0 Å². The summed E-state index contributed by atoms with van der Waals surface area (Å²) in [7, 11) is 1.51. The van der Waals surface area contributed by atoms with Crippen LogP contribution in [0.15, 0.2) is 41.0 Å². The Kier molecular flexibility index (Phi) is 8.49. The third kappa shape index (κ3) is 5.39. The first-order chi connectivity index (χ1) is 15.8. The predicted molar refractivity (Wildman–Crippen MR) is 128 cm³/mol. The largest absolute Gasteiger partial charge is 0.508 e. The fourth-order valence-corrected chi connectivity index (χ4v) is 5.53. The minimum atomic E-state index is -0.765. The van der Waals surface area contributed by atoms with Crippen molar-refractivity contribution in [1.29, 1.82) is 0 Å². The van der Waals surface area contributed by atoms with Crippen molar-refractivity contribution in [3.8, 4) is 5.75 Å². The minimum Gasteiger partial charge on any atom is -0.508 e. The number of carbonyl (C=O) groups excluding carboxylic acids is 2. The summed E-state index contributed by atoms with van der Waals surface area (Å²) in [4.78, 5) is 26.6. The fraction of sp³-hybridized carbons (Fsp3) is 0.556. The number of likely N-dealkylation sites (tertiary alicyclic amines) is 1. The Morgan fingerprint density at radius 1 is 1.12 bits per heavy atom. The first-order valence-corrected chi connectivity index (χ1v) is 12.1. The molecule has 33 heavy (non-hydrogen) atoms. The van der Waals surface area contributed by atoms with Gasteiger partial charge in [0, 0.05) is 13.0 Å². The van der Waals surface area contributed by atoms with E-state index in [1.165, 1.54) is 17.5 Å². The van der Waals surface area contributed by atoms with Crippen LogP contribution in [0.2, 0.25) is 0 Å². The van der Waals surface area contributed by atoms with E-state index in [-0.39, 0.29) is 24.2 Å². The van der Waals surface area contributed by atoms with Crippen LogP contribution in [0.3, 0.4) is 0 Å². The standard InChI is InChI=1S/C27H37NO5/c1-4-6-17(14-18-8-11-20(30)12-9-18)10-13-23(31)24-19(7-5-2)15-21-25(22(24)16-29)27(33)28(3)26(21)32/h8-9,11-12,14,21-23,25,29-31H,4-7,10,13,15-16H2,1-3H3/b17-14+/t21-,22+,23-,25-/m1/s1. The lowest BCUT2D eigenvalue weighted by Gasteiger charge is -2.36. The van der Waals surface area contributed by atoms with Gasteiger partial charge in [0.25, 0.3) is 0 Å². The van der Waals surface area contributed by atoms with Crippen molar-refractivity contribution in [2.45, 2.75) is 64.9 Å². The van der Waals surface area contributed by atoms with Crippen LogP contribution in [-0.2, 0) is 9.59 Å². The van der Waals surface area contributed by atoms with Gasteiger partial charge in [0.2, 0.25) is 11.8 Å². The van der Waals surface area contributed by atoms with E-state index in [2.05, 4.69) is 19.9 Å². The van der Waals surface area contributed by atoms with Crippen LogP contribution in [-0.4, -0.2) is 51.8 Å². The highest BCUT2D eigenvalue weighted by Gasteiger charge is 2.53. The summed E-state index contributed by atoms with van der Waals surface area (Å²) in [6, 6.07) is 7.05. The number of carbonyl (C=O) groups is 2. The zero-order valence-corrected chi connectivity index (χ0v) is 20.0. The maximum Gasteiger partial charge on any atom is 0.233 e. The second-order valence-electron chi connectivity index (χ2n) is 9.37. The van der Waals surface area contributed by atoms with Crippen LogP contribution < -0.4 is 0 Å². The number of imide groups is 1. The molecule has 0 aromatic heterocycles. The van der Waals surface area contributed by atoms with E-state index < -0.39 is 23.9 Å². The Labute approximate surface area is 196 Å². The van der Waals surface area contributed by atoms with E-state index in [0.717, 1.165) is 42.4 Å². The van der Waals surface area contributed by atoms with Gasteiger partial charge in [0.15, 0.2) is 0 Å². The van der Waals surface area contributed by atoms with E-state index in [0.29, 0.717) is 19.3 Å². The van der Waals surface area contributed by atoms with Crippen LogP contribution in [0.4, 0.5) is 0 Å². The SMILES string of the molecule is CCCC1=C([C@H](O)CC/C(=C/c2ccc(O)cc2)CCC)[C@H](CO)[C@@H]2C(=O)N(C)C(=O)[C@@H]2C1. The van der Waals surface area contributed by atoms with Gasteiger partial charge in [-0.05, 0) is 55.4 Å². The number of phenols is 1. The summed E-state index contributed by atoms with van der Waals surface area (Å²) >= 11 is 0. The molecule has 0 radical (unpaired) electrons. The smallest absolute Gasteiger partial charge is 0.233 e. The van der Waals surface area contributed by atoms with Gasteiger partial charge in [-0.25, -0.2) is 0 Å². The molecule has 180 valence electrons. The van der Waals surface area contributed by atoms with E-state index >= 15 is 0 Å². The summed E-state index contributed by atoms with van der Waals surface area (Å²) in [5.74, 6) is -1.72. The van der Waals surface area contributed by atoms with Crippen LogP contribution in [0, 0.1) is 17.8 Å². The Bertz CT molecular complexity index is 917. The molecular formula is C27H37NO5. The number of aliphatic hydroxyl groups is 2. The number of rotatable bonds is 10. The molecule has 1 fully saturated rings. The number of amides is 2. The topological polar surface area (TPSA) is 98.1 Å². The molecule has 0 bridgehead atoms. The molecule has 3 N–H and O–H groups in total. The normalized spacial score (nSPS) is 24.5. The lowest BCUT2D eigenvalue weighted by atomic mass is 9.67. The fourth-order valence-electron chi connectivity index (χ4n) is 5.53. The maximum absolute atomic E-state index is 12.8. The van der Waals surface area contributed by atoms with Gasteiger partial charge in [0.05, 0.1) is 24.5 Å². The number of phenolic OH excluding ortho intramolecular Hbond substituents is 1. The molecule has 6 heteroatoms. The van der Waals surface area contributed by atoms with Gasteiger partial charge in [-0.3, -0.25) is 14.5 Å². The number of hydrogen-bond donors (Lipinski definition) is 3. The first-order valence-electron chi connectivity index (χ1n) is 12.1. The summed E-state index contributed by atoms with van der Waals surface area (Å²) < 4.78 is 0. The summed E-state index contributed by atoms with van der Waals surface area (Å²) in [5, 5.41) is 31.1. The first kappa shape index (κ1) is 25.2. The van der Waals surface area contributed by atoms with Gasteiger partial charge in [-0.2, -0.15) is 0 Å². The highest BCUT2D eigenvalue weighted by atomic mass is 16.3. The van der Waals surface area contributed by atoms with Gasteiger partial charge < -0.3 is 15.3 Å². The Morgan fingerprint density at radius 2 is 1.82 bits per heavy atom. The highest BCUT2D eigenvalue weighted by molar-refractivity contribution is 6.05. The molecule has 0 spiro atoms. The number of nitrogens with zero attached hydrogens (tertiary/aromatic N) is 1. The van der Waals surface area contributed by atoms with E-state index in [1.807, 2.05) is 12.1 Å². The van der Waals surface area contributed by atoms with Gasteiger partial charge in [-0.15, -0.1) is 0 Å². The minimum absolute atomic E-state index is 0.173. The van der Waals surface area contributed by atoms with Crippen LogP contribution in [0.5, 0.6) is 5.75 Å². The Hall–Kier alpha value is -2.44. The predicted octanol–water partition coefficient (Wildman–Crippen LogP) is 4.06. The highest BCUT2D eigenvalue weighted by Crippen LogP contribution is 2.46. The van der Waals surface area contributed by atoms with Crippen molar-refractivity contribution in [3.63, 3.8) is 0 Å². The third-order valence-corrected chi connectivity index (χ3v) is 7.09. The molecule has 1 heterocycles. The maximum atomic E-state index is 12.8. The van der Waals surface area contributed by atoms with Crippen LogP contribution >= 0.6 is 0 Å². The number of fused-ring (bicyclic) bond motifs is 1. The molecule has 1 saturated heterocycles. The van der Waals surface area contributed by atoms with Gasteiger partial charge in [-0.1, -0.05) is 56.0 Å². The van der Waals surface area contributed by atoms with Crippen LogP contribution in [0.25, 0.3) is 6.08 Å². The average Bonchev–Trinajstić information content (AvgIpc) is 3.02. The van der Waals surface area contributed by atoms with E-state index in [1.54, 1.807) is 12.1 Å². The number of aliphatic hydroxyl groups excluding tert-OH is 2. The number of allylic oxidation sites excluding steroid dienone is 2. The molecule has 1 aromatic carbocycles. The van der Waals surface area contributed by atoms with Crippen molar-refractivity contribution in [3.05, 3.63) is 46.5 Å². The monoisotopic (exact) mass is 455 g/mol. The molecule has 1 aliphatic heterocycles. The van der Waals surface area contributed by atoms with E-state index in [9.17, 15) is 24.9 Å². The van der Waals surface area contributed by atoms with Crippen molar-refractivity contribution in [2.75, 3.05) is 13.7 Å². The van der Waals surface area contributed by atoms with Crippen molar-refractivity contribution in [2.24, 2.45) is 17.8 Å². The quantitative estimate of drug-likeness (QED) is 0.365. The molecular weight excluding hydrogens is 418 g/mol. The van der Waals surface area contributed by atoms with Crippen molar-refractivity contribution in [1.82, 2.24) is 4.90 Å². The zero-order chi connectivity index (χ0) is 24.1. The van der Waals surface area contributed by atoms with Gasteiger partial charge >= 0.3 is 0 Å². The van der Waals surface area contributed by atoms with Crippen molar-refractivity contribution >= 4 is 17.9 Å². The molecule has 1 aliphatic carbocycles. The Morgan fingerprint density at radius 3 is 2.42 bits per heavy atom. The zero-order valence-electron chi connectivity index (χ0n) is 20.0. The molecule has 0 unspecified atom stereocenters. The third-order valence-electron chi connectivity index (χ3n) is 7.09. The number of hydrogen-bond acceptors (Lipinski definition) is 5.